The van der Waals surface area contributed by atoms with Gasteiger partial charge in [0, 0.05) is 13.1 Å². The van der Waals surface area contributed by atoms with Gasteiger partial charge in [0.2, 0.25) is 0 Å². The maximum Gasteiger partial charge on any atom is 0.416 e. The van der Waals surface area contributed by atoms with Crippen LogP contribution in [0.5, 0.6) is 5.75 Å². The van der Waals surface area contributed by atoms with Crippen molar-refractivity contribution in [2.45, 2.75) is 45.8 Å². The minimum atomic E-state index is -4.48. The van der Waals surface area contributed by atoms with Crippen molar-refractivity contribution in [3.8, 4) is 5.75 Å². The lowest BCUT2D eigenvalue weighted by Crippen LogP contribution is -2.38. The molecule has 0 fully saturated rings. The molecule has 7 heteroatoms. The Morgan fingerprint density at radius 3 is 2.52 bits per heavy atom. The van der Waals surface area contributed by atoms with Crippen molar-refractivity contribution in [1.29, 1.82) is 0 Å². The van der Waals surface area contributed by atoms with E-state index in [0.29, 0.717) is 0 Å². The Labute approximate surface area is 134 Å². The van der Waals surface area contributed by atoms with Gasteiger partial charge in [-0.3, -0.25) is 0 Å². The van der Waals surface area contributed by atoms with Crippen molar-refractivity contribution in [1.82, 2.24) is 4.90 Å². The number of hydrogen-bond acceptors (Lipinski definition) is 2. The maximum absolute atomic E-state index is 12.8. The molecule has 0 aliphatic rings. The molecular weight excluding hydrogens is 309 g/mol. The molecule has 0 saturated carbocycles. The lowest BCUT2D eigenvalue weighted by atomic mass is 10.1. The third-order valence-corrected chi connectivity index (χ3v) is 3.54. The molecule has 0 aromatic heterocycles. The van der Waals surface area contributed by atoms with E-state index in [-0.39, 0.29) is 24.1 Å². The molecule has 1 aromatic rings. The lowest BCUT2D eigenvalue weighted by Gasteiger charge is -2.25. The average molecular weight is 332 g/mol. The summed E-state index contributed by atoms with van der Waals surface area (Å²) in [5, 5.41) is 2.51. The van der Waals surface area contributed by atoms with Crippen LogP contribution in [0, 0.1) is 0 Å². The zero-order valence-electron chi connectivity index (χ0n) is 13.8. The Kier molecular flexibility index (Phi) is 6.72. The fourth-order valence-corrected chi connectivity index (χ4v) is 2.10. The Balaban J connectivity index is 3.02. The van der Waals surface area contributed by atoms with Gasteiger partial charge in [0.1, 0.15) is 5.75 Å². The van der Waals surface area contributed by atoms with Crippen LogP contribution in [0.4, 0.5) is 23.7 Å². The highest BCUT2D eigenvalue weighted by atomic mass is 19.4. The van der Waals surface area contributed by atoms with Crippen molar-refractivity contribution < 1.29 is 22.7 Å². The summed E-state index contributed by atoms with van der Waals surface area (Å²) < 4.78 is 43.8. The number of carbonyl (C=O) groups excluding carboxylic acids is 1. The lowest BCUT2D eigenvalue weighted by molar-refractivity contribution is -0.137. The zero-order valence-corrected chi connectivity index (χ0v) is 13.8. The number of carbonyl (C=O) groups is 1. The van der Waals surface area contributed by atoms with Gasteiger partial charge in [-0.25, -0.2) is 4.79 Å². The molecule has 0 aliphatic heterocycles. The summed E-state index contributed by atoms with van der Waals surface area (Å²) in [6, 6.07) is 2.57. The van der Waals surface area contributed by atoms with E-state index in [4.69, 9.17) is 4.74 Å². The minimum absolute atomic E-state index is 0.0126. The Hall–Kier alpha value is -1.92. The minimum Gasteiger partial charge on any atom is -0.492 e. The number of hydrogen-bond donors (Lipinski definition) is 1. The largest absolute Gasteiger partial charge is 0.492 e. The maximum atomic E-state index is 12.8. The van der Waals surface area contributed by atoms with Crippen LogP contribution < -0.4 is 10.1 Å². The molecule has 0 aliphatic carbocycles. The van der Waals surface area contributed by atoms with Crippen LogP contribution in [-0.4, -0.2) is 30.6 Å². The summed E-state index contributed by atoms with van der Waals surface area (Å²) >= 11 is 0. The molecule has 1 aromatic carbocycles. The van der Waals surface area contributed by atoms with Crippen LogP contribution in [0.1, 0.15) is 39.2 Å². The van der Waals surface area contributed by atoms with Crippen LogP contribution in [-0.2, 0) is 6.18 Å². The van der Waals surface area contributed by atoms with Crippen molar-refractivity contribution in [2.24, 2.45) is 0 Å². The molecule has 1 rings (SSSR count). The summed E-state index contributed by atoms with van der Waals surface area (Å²) in [5.41, 5.74) is -0.817. The number of halogens is 3. The molecule has 0 spiro atoms. The second-order valence-corrected chi connectivity index (χ2v) is 5.32. The average Bonchev–Trinajstić information content (AvgIpc) is 2.47. The Bertz CT molecular complexity index is 533. The molecule has 1 N–H and O–H groups in total. The molecule has 0 heterocycles. The van der Waals surface area contributed by atoms with Crippen LogP contribution in [0.3, 0.4) is 0 Å². The fourth-order valence-electron chi connectivity index (χ4n) is 2.10. The number of benzene rings is 1. The summed E-state index contributed by atoms with van der Waals surface area (Å²) in [4.78, 5) is 13.7. The summed E-state index contributed by atoms with van der Waals surface area (Å²) in [6.07, 6.45) is -2.76. The van der Waals surface area contributed by atoms with Crippen LogP contribution in [0.25, 0.3) is 0 Å². The molecule has 0 radical (unpaired) electrons. The van der Waals surface area contributed by atoms with Crippen molar-refractivity contribution >= 4 is 11.7 Å². The van der Waals surface area contributed by atoms with Gasteiger partial charge in [-0.2, -0.15) is 13.2 Å². The summed E-state index contributed by atoms with van der Waals surface area (Å²) in [6.45, 7) is 5.90. The standard InChI is InChI=1S/C16H23F3N2O2/c1-5-7-11(3)21(4)15(22)20-13-10-12(16(17,18)19)8-9-14(13)23-6-2/h8-11H,5-7H2,1-4H3,(H,20,22)/t11-/m1/s1. The van der Waals surface area contributed by atoms with Crippen LogP contribution in [0.15, 0.2) is 18.2 Å². The first-order valence-corrected chi connectivity index (χ1v) is 7.58. The molecule has 4 nitrogen and oxygen atoms in total. The SMILES string of the molecule is CCC[C@@H](C)N(C)C(=O)Nc1cc(C(F)(F)F)ccc1OCC. The smallest absolute Gasteiger partial charge is 0.416 e. The second kappa shape index (κ2) is 8.08. The molecule has 23 heavy (non-hydrogen) atoms. The van der Waals surface area contributed by atoms with Crippen molar-refractivity contribution in [2.75, 3.05) is 19.0 Å². The first kappa shape index (κ1) is 19.1. The highest BCUT2D eigenvalue weighted by Crippen LogP contribution is 2.35. The number of rotatable bonds is 6. The number of ether oxygens (including phenoxy) is 1. The molecular formula is C16H23F3N2O2. The van der Waals surface area contributed by atoms with E-state index in [1.165, 1.54) is 11.0 Å². The predicted octanol–water partition coefficient (Wildman–Crippen LogP) is 4.76. The van der Waals surface area contributed by atoms with E-state index in [1.54, 1.807) is 14.0 Å². The molecule has 0 unspecified atom stereocenters. The predicted molar refractivity (Wildman–Crippen MR) is 83.8 cm³/mol. The topological polar surface area (TPSA) is 41.6 Å². The van der Waals surface area contributed by atoms with E-state index < -0.39 is 17.8 Å². The molecule has 2 amide bonds. The third-order valence-electron chi connectivity index (χ3n) is 3.54. The van der Waals surface area contributed by atoms with Crippen molar-refractivity contribution in [3.63, 3.8) is 0 Å². The van der Waals surface area contributed by atoms with Gasteiger partial charge in [-0.1, -0.05) is 13.3 Å². The van der Waals surface area contributed by atoms with E-state index in [2.05, 4.69) is 5.32 Å². The van der Waals surface area contributed by atoms with Crippen LogP contribution in [0.2, 0.25) is 0 Å². The fraction of sp³-hybridized carbons (Fsp3) is 0.562. The van der Waals surface area contributed by atoms with Gasteiger partial charge in [-0.15, -0.1) is 0 Å². The van der Waals surface area contributed by atoms with Crippen LogP contribution >= 0.6 is 0 Å². The summed E-state index contributed by atoms with van der Waals surface area (Å²) in [7, 11) is 1.61. The second-order valence-electron chi connectivity index (χ2n) is 5.32. The highest BCUT2D eigenvalue weighted by Gasteiger charge is 2.31. The number of anilines is 1. The Morgan fingerprint density at radius 2 is 2.00 bits per heavy atom. The van der Waals surface area contributed by atoms with Gasteiger partial charge in [0.05, 0.1) is 17.9 Å². The zero-order chi connectivity index (χ0) is 17.6. The van der Waals surface area contributed by atoms with E-state index in [9.17, 15) is 18.0 Å². The highest BCUT2D eigenvalue weighted by molar-refractivity contribution is 5.91. The number of nitrogens with zero attached hydrogens (tertiary/aromatic N) is 1. The molecule has 0 bridgehead atoms. The van der Waals surface area contributed by atoms with Gasteiger partial charge in [0.15, 0.2) is 0 Å². The van der Waals surface area contributed by atoms with Gasteiger partial charge in [-0.05, 0) is 38.5 Å². The number of amides is 2. The summed E-state index contributed by atoms with van der Waals surface area (Å²) in [5.74, 6) is 0.213. The van der Waals surface area contributed by atoms with Gasteiger partial charge >= 0.3 is 12.2 Å². The molecule has 0 saturated heterocycles. The van der Waals surface area contributed by atoms with Gasteiger partial charge in [0.25, 0.3) is 0 Å². The number of urea groups is 1. The Morgan fingerprint density at radius 1 is 1.35 bits per heavy atom. The normalized spacial score (nSPS) is 12.7. The van der Waals surface area contributed by atoms with Gasteiger partial charge < -0.3 is 15.0 Å². The quantitative estimate of drug-likeness (QED) is 0.816. The van der Waals surface area contributed by atoms with Crippen molar-refractivity contribution in [3.05, 3.63) is 23.8 Å². The first-order valence-electron chi connectivity index (χ1n) is 7.58. The third kappa shape index (κ3) is 5.33. The first-order chi connectivity index (χ1) is 10.7. The molecule has 130 valence electrons. The molecule has 1 atom stereocenters. The van der Waals surface area contributed by atoms with E-state index in [0.717, 1.165) is 25.0 Å². The number of alkyl halides is 3. The van der Waals surface area contributed by atoms with E-state index in [1.807, 2.05) is 13.8 Å². The monoisotopic (exact) mass is 332 g/mol. The number of nitrogens with one attached hydrogen (secondary N) is 1. The van der Waals surface area contributed by atoms with E-state index >= 15 is 0 Å².